The van der Waals surface area contributed by atoms with E-state index in [-0.39, 0.29) is 5.91 Å². The number of carbonyl (C=O) groups excluding carboxylic acids is 2. The predicted octanol–water partition coefficient (Wildman–Crippen LogP) is 3.07. The summed E-state index contributed by atoms with van der Waals surface area (Å²) in [7, 11) is 3.13. The number of carbonyl (C=O) groups is 2. The van der Waals surface area contributed by atoms with Gasteiger partial charge in [-0.3, -0.25) is 9.48 Å². The summed E-state index contributed by atoms with van der Waals surface area (Å²) in [4.78, 5) is 26.7. The van der Waals surface area contributed by atoms with Gasteiger partial charge < -0.3 is 9.64 Å². The lowest BCUT2D eigenvalue weighted by Crippen LogP contribution is -2.36. The predicted molar refractivity (Wildman–Crippen MR) is 105 cm³/mol. The molecular formula is C22H21N3O3. The number of fused-ring (bicyclic) bond motifs is 1. The van der Waals surface area contributed by atoms with Crippen LogP contribution in [-0.4, -0.2) is 40.2 Å². The third-order valence-corrected chi connectivity index (χ3v) is 5.15. The summed E-state index contributed by atoms with van der Waals surface area (Å²) in [5.41, 5.74) is 4.94. The van der Waals surface area contributed by atoms with Gasteiger partial charge in [-0.15, -0.1) is 0 Å². The Balaban J connectivity index is 1.54. The average molecular weight is 375 g/mol. The van der Waals surface area contributed by atoms with Crippen LogP contribution in [0.2, 0.25) is 0 Å². The molecule has 6 nitrogen and oxygen atoms in total. The van der Waals surface area contributed by atoms with Gasteiger partial charge >= 0.3 is 5.97 Å². The zero-order valence-electron chi connectivity index (χ0n) is 15.9. The van der Waals surface area contributed by atoms with Gasteiger partial charge in [-0.05, 0) is 29.7 Å². The normalized spacial score (nSPS) is 13.1. The van der Waals surface area contributed by atoms with Gasteiger partial charge in [0.15, 0.2) is 5.69 Å². The monoisotopic (exact) mass is 375 g/mol. The van der Waals surface area contributed by atoms with Crippen molar-refractivity contribution in [2.75, 3.05) is 13.7 Å². The molecule has 3 aromatic rings. The van der Waals surface area contributed by atoms with Gasteiger partial charge in [0.05, 0.1) is 19.3 Å². The zero-order valence-corrected chi connectivity index (χ0v) is 15.9. The van der Waals surface area contributed by atoms with Crippen LogP contribution in [0.25, 0.3) is 11.1 Å². The van der Waals surface area contributed by atoms with Crippen molar-refractivity contribution >= 4 is 11.9 Å². The SMILES string of the molecule is COC(=O)c1nn(C)c2c1CCN(C(=O)c1ccc(-c3ccccc3)cc1)C2. The Hall–Kier alpha value is -3.41. The van der Waals surface area contributed by atoms with E-state index >= 15 is 0 Å². The first kappa shape index (κ1) is 18.0. The van der Waals surface area contributed by atoms with Crippen LogP contribution in [0, 0.1) is 0 Å². The first-order chi connectivity index (χ1) is 13.6. The van der Waals surface area contributed by atoms with Gasteiger partial charge in [0, 0.05) is 24.7 Å². The van der Waals surface area contributed by atoms with Gasteiger partial charge in [-0.25, -0.2) is 4.79 Å². The van der Waals surface area contributed by atoms with Crippen molar-refractivity contribution in [2.45, 2.75) is 13.0 Å². The Morgan fingerprint density at radius 1 is 1.00 bits per heavy atom. The van der Waals surface area contributed by atoms with Crippen LogP contribution in [0.3, 0.4) is 0 Å². The fourth-order valence-electron chi connectivity index (χ4n) is 3.62. The summed E-state index contributed by atoms with van der Waals surface area (Å²) in [6.45, 7) is 0.969. The van der Waals surface area contributed by atoms with Crippen LogP contribution in [0.4, 0.5) is 0 Å². The maximum absolute atomic E-state index is 13.0. The molecule has 0 bridgehead atoms. The van der Waals surface area contributed by atoms with Crippen molar-refractivity contribution in [2.24, 2.45) is 7.05 Å². The maximum atomic E-state index is 13.0. The molecule has 0 fully saturated rings. The zero-order chi connectivity index (χ0) is 19.7. The number of nitrogens with zero attached hydrogens (tertiary/aromatic N) is 3. The fourth-order valence-corrected chi connectivity index (χ4v) is 3.62. The van der Waals surface area contributed by atoms with Gasteiger partial charge in [-0.1, -0.05) is 42.5 Å². The Morgan fingerprint density at radius 2 is 1.68 bits per heavy atom. The smallest absolute Gasteiger partial charge is 0.358 e. The molecule has 0 saturated heterocycles. The van der Waals surface area contributed by atoms with E-state index in [0.717, 1.165) is 22.4 Å². The van der Waals surface area contributed by atoms with E-state index in [2.05, 4.69) is 5.10 Å². The van der Waals surface area contributed by atoms with E-state index in [4.69, 9.17) is 4.74 Å². The lowest BCUT2D eigenvalue weighted by atomic mass is 10.0. The number of aromatic nitrogens is 2. The number of esters is 1. The first-order valence-electron chi connectivity index (χ1n) is 9.16. The van der Waals surface area contributed by atoms with E-state index in [1.54, 1.807) is 16.6 Å². The lowest BCUT2D eigenvalue weighted by Gasteiger charge is -2.27. The molecule has 1 aromatic heterocycles. The number of rotatable bonds is 3. The molecule has 1 aliphatic rings. The molecule has 4 rings (SSSR count). The van der Waals surface area contributed by atoms with E-state index in [9.17, 15) is 9.59 Å². The Bertz CT molecular complexity index is 1020. The first-order valence-corrected chi connectivity index (χ1v) is 9.16. The molecular weight excluding hydrogens is 354 g/mol. The molecule has 2 aromatic carbocycles. The van der Waals surface area contributed by atoms with Gasteiger partial charge in [0.1, 0.15) is 0 Å². The molecule has 0 atom stereocenters. The quantitative estimate of drug-likeness (QED) is 0.660. The van der Waals surface area contributed by atoms with Gasteiger partial charge in [0.25, 0.3) is 5.91 Å². The third kappa shape index (κ3) is 3.17. The van der Waals surface area contributed by atoms with Crippen LogP contribution in [0.5, 0.6) is 0 Å². The largest absolute Gasteiger partial charge is 0.464 e. The number of ether oxygens (including phenoxy) is 1. The number of amides is 1. The highest BCUT2D eigenvalue weighted by Crippen LogP contribution is 2.25. The van der Waals surface area contributed by atoms with Crippen LogP contribution in [0.15, 0.2) is 54.6 Å². The highest BCUT2D eigenvalue weighted by atomic mass is 16.5. The Kier molecular flexibility index (Phi) is 4.69. The summed E-state index contributed by atoms with van der Waals surface area (Å²) >= 11 is 0. The minimum absolute atomic E-state index is 0.0221. The van der Waals surface area contributed by atoms with Gasteiger partial charge in [-0.2, -0.15) is 5.10 Å². The Morgan fingerprint density at radius 3 is 2.36 bits per heavy atom. The number of aryl methyl sites for hydroxylation is 1. The molecule has 1 amide bonds. The van der Waals surface area contributed by atoms with E-state index in [1.165, 1.54) is 7.11 Å². The summed E-state index contributed by atoms with van der Waals surface area (Å²) in [6.07, 6.45) is 0.585. The topological polar surface area (TPSA) is 64.4 Å². The molecule has 6 heteroatoms. The average Bonchev–Trinajstić information content (AvgIpc) is 3.09. The molecule has 28 heavy (non-hydrogen) atoms. The molecule has 1 aliphatic heterocycles. The second kappa shape index (κ2) is 7.31. The molecule has 0 aliphatic carbocycles. The van der Waals surface area contributed by atoms with Crippen molar-refractivity contribution in [3.63, 3.8) is 0 Å². The highest BCUT2D eigenvalue weighted by Gasteiger charge is 2.29. The van der Waals surface area contributed by atoms with Crippen molar-refractivity contribution < 1.29 is 14.3 Å². The summed E-state index contributed by atoms with van der Waals surface area (Å²) in [5, 5.41) is 4.28. The lowest BCUT2D eigenvalue weighted by molar-refractivity contribution is 0.0591. The second-order valence-electron chi connectivity index (χ2n) is 6.81. The van der Waals surface area contributed by atoms with Crippen LogP contribution >= 0.6 is 0 Å². The van der Waals surface area contributed by atoms with Crippen molar-refractivity contribution in [3.05, 3.63) is 77.1 Å². The summed E-state index contributed by atoms with van der Waals surface area (Å²) < 4.78 is 6.48. The number of hydrogen-bond acceptors (Lipinski definition) is 4. The van der Waals surface area contributed by atoms with Gasteiger partial charge in [0.2, 0.25) is 0 Å². The molecule has 2 heterocycles. The summed E-state index contributed by atoms with van der Waals surface area (Å²) in [6, 6.07) is 17.7. The Labute approximate surface area is 163 Å². The molecule has 142 valence electrons. The van der Waals surface area contributed by atoms with Crippen molar-refractivity contribution in [1.29, 1.82) is 0 Å². The third-order valence-electron chi connectivity index (χ3n) is 5.15. The van der Waals surface area contributed by atoms with Crippen molar-refractivity contribution in [3.8, 4) is 11.1 Å². The molecule has 0 radical (unpaired) electrons. The second-order valence-corrected chi connectivity index (χ2v) is 6.81. The number of benzene rings is 2. The number of methoxy groups -OCH3 is 1. The standard InChI is InChI=1S/C22H21N3O3/c1-24-19-14-25(13-12-18(19)20(23-24)22(27)28-2)21(26)17-10-8-16(9-11-17)15-6-4-3-5-7-15/h3-11H,12-14H2,1-2H3. The van der Waals surface area contributed by atoms with Crippen LogP contribution < -0.4 is 0 Å². The van der Waals surface area contributed by atoms with E-state index in [0.29, 0.717) is 30.8 Å². The van der Waals surface area contributed by atoms with Crippen LogP contribution in [-0.2, 0) is 24.8 Å². The number of hydrogen-bond donors (Lipinski definition) is 0. The minimum atomic E-state index is -0.437. The fraction of sp³-hybridized carbons (Fsp3) is 0.227. The highest BCUT2D eigenvalue weighted by molar-refractivity contribution is 5.95. The maximum Gasteiger partial charge on any atom is 0.358 e. The van der Waals surface area contributed by atoms with E-state index < -0.39 is 5.97 Å². The molecule has 0 N–H and O–H groups in total. The van der Waals surface area contributed by atoms with Crippen LogP contribution in [0.1, 0.15) is 32.1 Å². The van der Waals surface area contributed by atoms with E-state index in [1.807, 2.05) is 54.6 Å². The molecule has 0 saturated carbocycles. The minimum Gasteiger partial charge on any atom is -0.464 e. The van der Waals surface area contributed by atoms with Crippen molar-refractivity contribution in [1.82, 2.24) is 14.7 Å². The molecule has 0 spiro atoms. The molecule has 0 unspecified atom stereocenters. The summed E-state index contributed by atoms with van der Waals surface area (Å²) in [5.74, 6) is -0.459.